The average Bonchev–Trinajstić information content (AvgIpc) is 3.15. The van der Waals surface area contributed by atoms with E-state index in [1.165, 1.54) is 12.1 Å². The number of ketones is 1. The molecule has 1 aliphatic rings. The van der Waals surface area contributed by atoms with Crippen LogP contribution in [0.5, 0.6) is 5.75 Å². The molecule has 2 aromatic carbocycles. The molecule has 42 heavy (non-hydrogen) atoms. The zero-order valence-electron chi connectivity index (χ0n) is 24.5. The maximum absolute atomic E-state index is 13.5. The molecule has 0 radical (unpaired) electrons. The molecule has 12 heteroatoms. The number of hydrogen-bond acceptors (Lipinski definition) is 7. The van der Waals surface area contributed by atoms with Crippen LogP contribution in [0.2, 0.25) is 0 Å². The van der Waals surface area contributed by atoms with Gasteiger partial charge in [-0.05, 0) is 40.7 Å². The average molecular weight is 590 g/mol. The van der Waals surface area contributed by atoms with Crippen LogP contribution < -0.4 is 0 Å². The Balaban J connectivity index is 1.77. The Kier molecular flexibility index (Phi) is 8.63. The van der Waals surface area contributed by atoms with Gasteiger partial charge in [0, 0.05) is 41.4 Å². The first kappa shape index (κ1) is 32.3. The minimum Gasteiger partial charge on any atom is -0.507 e. The van der Waals surface area contributed by atoms with E-state index in [-0.39, 0.29) is 36.0 Å². The van der Waals surface area contributed by atoms with Gasteiger partial charge in [0.1, 0.15) is 18.1 Å². The van der Waals surface area contributed by atoms with Crippen molar-refractivity contribution in [3.63, 3.8) is 0 Å². The van der Waals surface area contributed by atoms with E-state index < -0.39 is 41.4 Å². The van der Waals surface area contributed by atoms with Crippen molar-refractivity contribution in [3.8, 4) is 5.75 Å². The summed E-state index contributed by atoms with van der Waals surface area (Å²) in [6.45, 7) is 10.8. The van der Waals surface area contributed by atoms with Crippen LogP contribution in [-0.4, -0.2) is 70.7 Å². The number of carbonyl (C=O) groups is 4. The Morgan fingerprint density at radius 2 is 1.50 bits per heavy atom. The van der Waals surface area contributed by atoms with Crippen molar-refractivity contribution < 1.29 is 42.2 Å². The number of halogens is 3. The van der Waals surface area contributed by atoms with Crippen molar-refractivity contribution in [2.45, 2.75) is 65.1 Å². The molecule has 0 atom stereocenters. The highest BCUT2D eigenvalue weighted by atomic mass is 19.4. The minimum atomic E-state index is -5.35. The predicted molar refractivity (Wildman–Crippen MR) is 148 cm³/mol. The molecule has 226 valence electrons. The molecule has 1 amide bonds. The third kappa shape index (κ3) is 6.97. The monoisotopic (exact) mass is 589 g/mol. The Labute approximate surface area is 241 Å². The topological polar surface area (TPSA) is 128 Å². The number of nitrogens with zero attached hydrogens (tertiary/aromatic N) is 2. The van der Waals surface area contributed by atoms with E-state index in [1.54, 1.807) is 23.1 Å². The molecule has 1 aliphatic heterocycles. The minimum absolute atomic E-state index is 0.00305. The zero-order valence-corrected chi connectivity index (χ0v) is 24.5. The number of rotatable bonds is 6. The summed E-state index contributed by atoms with van der Waals surface area (Å²) in [6.07, 6.45) is -5.35. The molecule has 2 N–H and O–H groups in total. The predicted octanol–water partition coefficient (Wildman–Crippen LogP) is 4.72. The number of aromatic hydroxyl groups is 1. The van der Waals surface area contributed by atoms with E-state index in [9.17, 15) is 37.5 Å². The molecule has 2 aromatic rings. The van der Waals surface area contributed by atoms with E-state index in [4.69, 9.17) is 5.41 Å². The van der Waals surface area contributed by atoms with Crippen molar-refractivity contribution in [2.24, 2.45) is 0 Å². The summed E-state index contributed by atoms with van der Waals surface area (Å²) in [5.41, 5.74) is 1.92. The van der Waals surface area contributed by atoms with Crippen LogP contribution in [0.15, 0.2) is 30.3 Å². The number of ether oxygens (including phenoxy) is 1. The van der Waals surface area contributed by atoms with Crippen LogP contribution in [0.25, 0.3) is 0 Å². The number of hydrogen-bond donors (Lipinski definition) is 2. The number of benzene rings is 2. The van der Waals surface area contributed by atoms with Crippen LogP contribution in [0.3, 0.4) is 0 Å². The van der Waals surface area contributed by atoms with Crippen LogP contribution in [0.4, 0.5) is 13.2 Å². The zero-order chi connectivity index (χ0) is 31.9. The van der Waals surface area contributed by atoms with Gasteiger partial charge < -0.3 is 19.6 Å². The Morgan fingerprint density at radius 3 is 2.00 bits per heavy atom. The Bertz CT molecular complexity index is 1430. The van der Waals surface area contributed by atoms with Crippen LogP contribution >= 0.6 is 0 Å². The molecule has 0 spiro atoms. The van der Waals surface area contributed by atoms with E-state index in [1.807, 2.05) is 41.5 Å². The van der Waals surface area contributed by atoms with E-state index in [0.29, 0.717) is 27.8 Å². The van der Waals surface area contributed by atoms with Gasteiger partial charge in [0.25, 0.3) is 5.91 Å². The van der Waals surface area contributed by atoms with Gasteiger partial charge in [0.05, 0.1) is 6.54 Å². The van der Waals surface area contributed by atoms with Gasteiger partial charge in [0.15, 0.2) is 5.78 Å². The van der Waals surface area contributed by atoms with Gasteiger partial charge >= 0.3 is 18.1 Å². The number of amidine groups is 1. The van der Waals surface area contributed by atoms with Crippen molar-refractivity contribution >= 4 is 29.5 Å². The first-order valence-corrected chi connectivity index (χ1v) is 13.1. The molecule has 0 aromatic heterocycles. The number of likely N-dealkylation sites (N-methyl/N-ethyl adjacent to an activating group) is 1. The summed E-state index contributed by atoms with van der Waals surface area (Å²) in [4.78, 5) is 51.2. The highest BCUT2D eigenvalue weighted by Crippen LogP contribution is 2.40. The molecule has 0 saturated heterocycles. The number of alkyl halides is 3. The first-order chi connectivity index (χ1) is 19.1. The number of Topliss-reactive ketones (excluding diaryl/α,β-unsaturated/α-hetero) is 1. The molecule has 3 rings (SSSR count). The van der Waals surface area contributed by atoms with Crippen molar-refractivity contribution in [3.05, 3.63) is 63.7 Å². The Morgan fingerprint density at radius 1 is 0.952 bits per heavy atom. The number of esters is 2. The molecular formula is C30H34F3N3O6. The number of carbonyl (C=O) groups excluding carboxylic acids is 4. The number of fused-ring (bicyclic) bond motifs is 1. The summed E-state index contributed by atoms with van der Waals surface area (Å²) in [7, 11) is 1.15. The van der Waals surface area contributed by atoms with Crippen molar-refractivity contribution in [1.29, 1.82) is 5.41 Å². The molecule has 0 aliphatic carbocycles. The standard InChI is InChI=1S/C30H34F3N3O6/c1-28(2,3)20-11-18(12-21(24(20)39)29(4,5)6)22(37)14-36-13-17-9-8-16(10-19(17)25(36)34)26(40)35(7)15-23(38)42-27(41)30(31,32)33/h8-12,34,39H,13-15H2,1-7H3. The smallest absolute Gasteiger partial charge is 0.491 e. The van der Waals surface area contributed by atoms with Gasteiger partial charge in [-0.3, -0.25) is 15.0 Å². The number of phenolic OH excluding ortho intramolecular Hbond substituents is 1. The highest BCUT2D eigenvalue weighted by molar-refractivity contribution is 6.07. The van der Waals surface area contributed by atoms with Crippen LogP contribution in [0.1, 0.15) is 84.5 Å². The fourth-order valence-corrected chi connectivity index (χ4v) is 4.54. The van der Waals surface area contributed by atoms with Gasteiger partial charge in [-0.2, -0.15) is 13.2 Å². The summed E-state index contributed by atoms with van der Waals surface area (Å²) >= 11 is 0. The molecule has 1 heterocycles. The summed E-state index contributed by atoms with van der Waals surface area (Å²) in [5, 5.41) is 19.6. The van der Waals surface area contributed by atoms with E-state index in [0.717, 1.165) is 11.9 Å². The third-order valence-electron chi connectivity index (χ3n) is 6.82. The van der Waals surface area contributed by atoms with E-state index >= 15 is 0 Å². The highest BCUT2D eigenvalue weighted by Gasteiger charge is 2.42. The molecule has 0 saturated carbocycles. The number of nitrogens with one attached hydrogen (secondary N) is 1. The quantitative estimate of drug-likeness (QED) is 0.284. The van der Waals surface area contributed by atoms with E-state index in [2.05, 4.69) is 4.74 Å². The van der Waals surface area contributed by atoms with Crippen molar-refractivity contribution in [2.75, 3.05) is 20.1 Å². The van der Waals surface area contributed by atoms with Crippen LogP contribution in [0, 0.1) is 5.41 Å². The second kappa shape index (κ2) is 11.2. The second-order valence-corrected chi connectivity index (χ2v) is 12.3. The fourth-order valence-electron chi connectivity index (χ4n) is 4.54. The lowest BCUT2D eigenvalue weighted by molar-refractivity contribution is -0.201. The van der Waals surface area contributed by atoms with Crippen molar-refractivity contribution in [1.82, 2.24) is 9.80 Å². The second-order valence-electron chi connectivity index (χ2n) is 12.3. The lowest BCUT2D eigenvalue weighted by atomic mass is 9.78. The molecular weight excluding hydrogens is 555 g/mol. The van der Waals surface area contributed by atoms with Gasteiger partial charge in [-0.1, -0.05) is 47.6 Å². The normalized spacial score (nSPS) is 13.6. The SMILES string of the molecule is CN(CC(=O)OC(=O)C(F)(F)F)C(=O)c1ccc2c(c1)C(=N)N(CC(=O)c1cc(C(C)(C)C)c(O)c(C(C)(C)C)c1)C2. The fraction of sp³-hybridized carbons (Fsp3) is 0.433. The van der Waals surface area contributed by atoms with Gasteiger partial charge in [-0.25, -0.2) is 9.59 Å². The molecule has 0 bridgehead atoms. The molecule has 0 unspecified atom stereocenters. The maximum atomic E-state index is 13.5. The first-order valence-electron chi connectivity index (χ1n) is 13.1. The summed E-state index contributed by atoms with van der Waals surface area (Å²) in [6, 6.07) is 7.80. The number of phenols is 1. The van der Waals surface area contributed by atoms with Gasteiger partial charge in [-0.15, -0.1) is 0 Å². The van der Waals surface area contributed by atoms with Gasteiger partial charge in [0.2, 0.25) is 0 Å². The lowest BCUT2D eigenvalue weighted by Gasteiger charge is -2.28. The third-order valence-corrected chi connectivity index (χ3v) is 6.82. The maximum Gasteiger partial charge on any atom is 0.491 e. The summed E-state index contributed by atoms with van der Waals surface area (Å²) < 4.78 is 40.7. The largest absolute Gasteiger partial charge is 0.507 e. The Hall–Kier alpha value is -4.22. The lowest BCUT2D eigenvalue weighted by Crippen LogP contribution is -2.36. The van der Waals surface area contributed by atoms with Crippen LogP contribution in [-0.2, 0) is 31.7 Å². The summed E-state index contributed by atoms with van der Waals surface area (Å²) in [5.74, 6) is -5.08. The molecule has 9 nitrogen and oxygen atoms in total. The molecule has 0 fully saturated rings. The number of amides is 1.